The number of carbonyl (C=O) groups is 4. The van der Waals surface area contributed by atoms with E-state index in [4.69, 9.17) is 16.3 Å². The van der Waals surface area contributed by atoms with Gasteiger partial charge in [0.1, 0.15) is 5.69 Å². The van der Waals surface area contributed by atoms with E-state index < -0.39 is 64.7 Å². The second kappa shape index (κ2) is 10.6. The number of hydrazine groups is 1. The predicted molar refractivity (Wildman–Crippen MR) is 154 cm³/mol. The predicted octanol–water partition coefficient (Wildman–Crippen LogP) is 5.28. The number of rotatable bonds is 4. The van der Waals surface area contributed by atoms with Crippen LogP contribution in [-0.4, -0.2) is 52.6 Å². The van der Waals surface area contributed by atoms with Crippen LogP contribution in [0.15, 0.2) is 63.7 Å². The summed E-state index contributed by atoms with van der Waals surface area (Å²) in [5.41, 5.74) is 0.352. The van der Waals surface area contributed by atoms with Gasteiger partial charge in [-0.2, -0.15) is 18.2 Å². The van der Waals surface area contributed by atoms with Gasteiger partial charge >= 0.3 is 6.18 Å². The van der Waals surface area contributed by atoms with Gasteiger partial charge in [-0.05, 0) is 64.5 Å². The first-order valence-electron chi connectivity index (χ1n) is 13.4. The molecule has 1 aliphatic heterocycles. The second-order valence-electron chi connectivity index (χ2n) is 10.8. The van der Waals surface area contributed by atoms with Gasteiger partial charge in [-0.1, -0.05) is 29.3 Å². The first-order valence-corrected chi connectivity index (χ1v) is 14.5. The summed E-state index contributed by atoms with van der Waals surface area (Å²) in [6.07, 6.45) is -1.72. The summed E-state index contributed by atoms with van der Waals surface area (Å²) >= 11 is 9.34. The number of carbonyl (C=O) groups excluding carboxylic acids is 4. The van der Waals surface area contributed by atoms with Gasteiger partial charge in [-0.25, -0.2) is 4.98 Å². The number of halogens is 5. The van der Waals surface area contributed by atoms with Crippen LogP contribution in [0.2, 0.25) is 5.02 Å². The molecule has 1 aromatic carbocycles. The number of benzene rings is 1. The number of amides is 2. The normalized spacial score (nSPS) is 24.9. The molecule has 0 saturated carbocycles. The monoisotopic (exact) mass is 691 g/mol. The van der Waals surface area contributed by atoms with Crippen LogP contribution in [-0.2, 0) is 25.4 Å². The van der Waals surface area contributed by atoms with E-state index in [1.807, 2.05) is 0 Å². The molecule has 4 aliphatic rings. The van der Waals surface area contributed by atoms with Crippen LogP contribution in [0.5, 0.6) is 11.5 Å². The maximum absolute atomic E-state index is 14.1. The fourth-order valence-electron chi connectivity index (χ4n) is 6.65. The number of hydrogen-bond donors (Lipinski definition) is 1. The summed E-state index contributed by atoms with van der Waals surface area (Å²) in [6, 6.07) is 6.23. The molecule has 2 heterocycles. The minimum absolute atomic E-state index is 0.0132. The molecule has 4 unspecified atom stereocenters. The van der Waals surface area contributed by atoms with Gasteiger partial charge in [0, 0.05) is 30.2 Å². The Balaban J connectivity index is 1.44. The van der Waals surface area contributed by atoms with Gasteiger partial charge in [-0.3, -0.25) is 24.2 Å². The number of Topliss-reactive ketones (excluding diaryl/α,β-unsaturated/α-hetero) is 1. The number of methoxy groups -OCH3 is 1. The van der Waals surface area contributed by atoms with Crippen LogP contribution in [0, 0.1) is 17.8 Å². The van der Waals surface area contributed by atoms with Crippen molar-refractivity contribution in [2.24, 2.45) is 17.8 Å². The van der Waals surface area contributed by atoms with E-state index in [1.54, 1.807) is 18.2 Å². The van der Waals surface area contributed by atoms with Crippen molar-refractivity contribution < 1.29 is 42.2 Å². The molecule has 3 aliphatic carbocycles. The molecular weight excluding hydrogens is 671 g/mol. The van der Waals surface area contributed by atoms with Crippen LogP contribution in [0.4, 0.5) is 19.0 Å². The quantitative estimate of drug-likeness (QED) is 0.262. The van der Waals surface area contributed by atoms with E-state index >= 15 is 0 Å². The zero-order valence-electron chi connectivity index (χ0n) is 23.0. The molecule has 0 bridgehead atoms. The number of fused-ring (bicyclic) bond motifs is 3. The van der Waals surface area contributed by atoms with Crippen molar-refractivity contribution >= 4 is 56.7 Å². The third-order valence-electron chi connectivity index (χ3n) is 8.57. The molecule has 1 aromatic heterocycles. The molecule has 1 fully saturated rings. The zero-order valence-corrected chi connectivity index (χ0v) is 25.3. The molecule has 4 atom stereocenters. The Morgan fingerprint density at radius 2 is 1.84 bits per heavy atom. The first-order chi connectivity index (χ1) is 20.7. The molecule has 44 heavy (non-hydrogen) atoms. The number of imide groups is 1. The molecule has 0 spiro atoms. The summed E-state index contributed by atoms with van der Waals surface area (Å²) in [4.78, 5) is 58.1. The Hall–Kier alpha value is -3.97. The fourth-order valence-corrected chi connectivity index (χ4v) is 7.32. The number of nitrogens with zero attached hydrogens (tertiary/aromatic N) is 3. The number of anilines is 1. The number of alkyl halides is 3. The van der Waals surface area contributed by atoms with Crippen molar-refractivity contribution in [3.05, 3.63) is 80.0 Å². The third kappa shape index (κ3) is 4.55. The highest BCUT2D eigenvalue weighted by atomic mass is 79.9. The van der Waals surface area contributed by atoms with E-state index in [9.17, 15) is 37.5 Å². The van der Waals surface area contributed by atoms with Crippen LogP contribution in [0.25, 0.3) is 0 Å². The third-order valence-corrected chi connectivity index (χ3v) is 9.45. The number of phenolic OH excluding ortho intramolecular Hbond substituents is 1. The number of hydrogen-bond acceptors (Lipinski definition) is 8. The van der Waals surface area contributed by atoms with Crippen molar-refractivity contribution in [1.82, 2.24) is 9.99 Å². The number of ketones is 2. The van der Waals surface area contributed by atoms with Crippen molar-refractivity contribution in [2.75, 3.05) is 19.2 Å². The lowest BCUT2D eigenvalue weighted by atomic mass is 9.59. The van der Waals surface area contributed by atoms with Crippen molar-refractivity contribution in [3.63, 3.8) is 0 Å². The molecule has 6 rings (SSSR count). The smallest absolute Gasteiger partial charge is 0.433 e. The molecule has 1 saturated heterocycles. The Morgan fingerprint density at radius 1 is 1.11 bits per heavy atom. The second-order valence-corrected chi connectivity index (χ2v) is 12.1. The van der Waals surface area contributed by atoms with Gasteiger partial charge in [0.15, 0.2) is 28.9 Å². The number of ether oxygens (including phenoxy) is 1. The topological polar surface area (TPSA) is 117 Å². The van der Waals surface area contributed by atoms with Crippen LogP contribution in [0.1, 0.15) is 30.0 Å². The minimum Gasteiger partial charge on any atom is -0.504 e. The number of aromatic nitrogens is 1. The van der Waals surface area contributed by atoms with E-state index in [-0.39, 0.29) is 45.0 Å². The highest BCUT2D eigenvalue weighted by Crippen LogP contribution is 2.56. The molecule has 2 amide bonds. The molecule has 0 radical (unpaired) electrons. The standard InChI is InChI=1S/C30H22BrClF3N3O6/c1-37(27-18(32)6-8-22(36-27)30(33,34)35)38-28(42)14-5-4-13-15(24(14)29(38)43)10-16-25(20(40)11-17(31)26(16)41)23(13)12-3-7-19(39)21(9-12)44-2/h3-4,6-9,11,14-15,23-24,39H,5,10H2,1-2H3. The van der Waals surface area contributed by atoms with Gasteiger partial charge in [0.2, 0.25) is 0 Å². The highest BCUT2D eigenvalue weighted by Gasteiger charge is 2.57. The maximum Gasteiger partial charge on any atom is 0.433 e. The molecule has 1 N–H and O–H groups in total. The van der Waals surface area contributed by atoms with Gasteiger partial charge in [-0.15, -0.1) is 0 Å². The van der Waals surface area contributed by atoms with Gasteiger partial charge < -0.3 is 9.84 Å². The average Bonchev–Trinajstić information content (AvgIpc) is 3.23. The molecule has 228 valence electrons. The summed E-state index contributed by atoms with van der Waals surface area (Å²) in [5.74, 6) is -5.96. The average molecular weight is 693 g/mol. The first kappa shape index (κ1) is 30.1. The largest absolute Gasteiger partial charge is 0.504 e. The lowest BCUT2D eigenvalue weighted by Crippen LogP contribution is -2.46. The van der Waals surface area contributed by atoms with Crippen molar-refractivity contribution in [2.45, 2.75) is 24.9 Å². The summed E-state index contributed by atoms with van der Waals surface area (Å²) < 4.78 is 45.6. The number of allylic oxidation sites excluding steroid dienone is 6. The molecule has 9 nitrogen and oxygen atoms in total. The van der Waals surface area contributed by atoms with E-state index in [1.165, 1.54) is 26.3 Å². The van der Waals surface area contributed by atoms with Crippen molar-refractivity contribution in [3.8, 4) is 11.5 Å². The number of aromatic hydroxyl groups is 1. The molecule has 2 aromatic rings. The highest BCUT2D eigenvalue weighted by molar-refractivity contribution is 9.12. The number of phenols is 1. The molecule has 14 heteroatoms. The molecular formula is C30H22BrClF3N3O6. The van der Waals surface area contributed by atoms with Crippen LogP contribution in [0.3, 0.4) is 0 Å². The van der Waals surface area contributed by atoms with E-state index in [0.29, 0.717) is 17.2 Å². The van der Waals surface area contributed by atoms with Gasteiger partial charge in [0.25, 0.3) is 11.8 Å². The van der Waals surface area contributed by atoms with Crippen LogP contribution >= 0.6 is 27.5 Å². The summed E-state index contributed by atoms with van der Waals surface area (Å²) in [5, 5.41) is 11.7. The Labute approximate surface area is 261 Å². The Morgan fingerprint density at radius 3 is 2.52 bits per heavy atom. The lowest BCUT2D eigenvalue weighted by molar-refractivity contribution is -0.141. The Bertz CT molecular complexity index is 1770. The maximum atomic E-state index is 14.1. The van der Waals surface area contributed by atoms with E-state index in [0.717, 1.165) is 16.1 Å². The summed E-state index contributed by atoms with van der Waals surface area (Å²) in [7, 11) is 2.60. The summed E-state index contributed by atoms with van der Waals surface area (Å²) in [6.45, 7) is 0. The Kier molecular flexibility index (Phi) is 7.23. The SMILES string of the molecule is COc1cc(C2C3=CCC4C(=O)N(N(C)c5nc(C(F)(F)F)ccc5Cl)C(=O)C4C3CC3=C2C(=O)C=C(Br)C3=O)ccc1O. The van der Waals surface area contributed by atoms with Crippen LogP contribution < -0.4 is 9.75 Å². The number of pyridine rings is 1. The lowest BCUT2D eigenvalue weighted by Gasteiger charge is -2.42. The van der Waals surface area contributed by atoms with Crippen molar-refractivity contribution in [1.29, 1.82) is 0 Å². The zero-order chi connectivity index (χ0) is 31.8. The minimum atomic E-state index is -4.79. The van der Waals surface area contributed by atoms with Gasteiger partial charge in [0.05, 0.1) is 28.5 Å². The fraction of sp³-hybridized carbons (Fsp3) is 0.300. The van der Waals surface area contributed by atoms with E-state index in [2.05, 4.69) is 20.9 Å².